The number of aliphatic hydroxyl groups excluding tert-OH is 1. The van der Waals surface area contributed by atoms with Gasteiger partial charge in [-0.2, -0.15) is 0 Å². The van der Waals surface area contributed by atoms with Gasteiger partial charge in [-0.1, -0.05) is 30.3 Å². The van der Waals surface area contributed by atoms with Crippen molar-refractivity contribution in [2.75, 3.05) is 26.4 Å². The van der Waals surface area contributed by atoms with Gasteiger partial charge in [0, 0.05) is 32.8 Å². The molecular weight excluding hydrogens is 228 g/mol. The van der Waals surface area contributed by atoms with E-state index in [2.05, 4.69) is 0 Å². The molecule has 3 nitrogen and oxygen atoms in total. The molecule has 0 aromatic heterocycles. The molecule has 0 bridgehead atoms. The van der Waals surface area contributed by atoms with Gasteiger partial charge >= 0.3 is 0 Å². The highest BCUT2D eigenvalue weighted by Crippen LogP contribution is 2.17. The van der Waals surface area contributed by atoms with Crippen LogP contribution in [0.25, 0.3) is 0 Å². The van der Waals surface area contributed by atoms with Crippen molar-refractivity contribution in [2.45, 2.75) is 25.4 Å². The molecule has 3 heteroatoms. The van der Waals surface area contributed by atoms with Gasteiger partial charge in [-0.15, -0.1) is 0 Å². The van der Waals surface area contributed by atoms with Crippen LogP contribution in [-0.2, 0) is 9.47 Å². The lowest BCUT2D eigenvalue weighted by Crippen LogP contribution is -2.20. The van der Waals surface area contributed by atoms with E-state index in [1.165, 1.54) is 0 Å². The molecule has 1 aliphatic heterocycles. The van der Waals surface area contributed by atoms with E-state index in [-0.39, 0.29) is 0 Å². The van der Waals surface area contributed by atoms with Crippen LogP contribution in [0.5, 0.6) is 0 Å². The molecule has 100 valence electrons. The highest BCUT2D eigenvalue weighted by Gasteiger charge is 2.14. The zero-order valence-electron chi connectivity index (χ0n) is 10.8. The summed E-state index contributed by atoms with van der Waals surface area (Å²) in [5, 5.41) is 9.96. The molecule has 0 spiro atoms. The first-order valence-electron chi connectivity index (χ1n) is 6.75. The predicted octanol–water partition coefficient (Wildman–Crippen LogP) is 2.55. The van der Waals surface area contributed by atoms with Gasteiger partial charge in [0.15, 0.2) is 0 Å². The van der Waals surface area contributed by atoms with E-state index in [1.807, 2.05) is 30.3 Å². The fraction of sp³-hybridized carbons (Fsp3) is 0.600. The van der Waals surface area contributed by atoms with E-state index in [1.54, 1.807) is 0 Å². The minimum atomic E-state index is -0.416. The molecule has 1 aromatic rings. The summed E-state index contributed by atoms with van der Waals surface area (Å²) in [6.45, 7) is 3.14. The van der Waals surface area contributed by atoms with Crippen LogP contribution in [0.4, 0.5) is 0 Å². The fourth-order valence-electron chi connectivity index (χ4n) is 2.20. The SMILES string of the molecule is OC(CCOCC1CCOCC1)c1ccccc1. The van der Waals surface area contributed by atoms with Crippen LogP contribution in [0.2, 0.25) is 0 Å². The van der Waals surface area contributed by atoms with Gasteiger partial charge in [0.05, 0.1) is 6.10 Å². The van der Waals surface area contributed by atoms with Crippen LogP contribution < -0.4 is 0 Å². The van der Waals surface area contributed by atoms with Crippen molar-refractivity contribution in [3.63, 3.8) is 0 Å². The maximum atomic E-state index is 9.96. The van der Waals surface area contributed by atoms with E-state index in [0.717, 1.165) is 38.2 Å². The quantitative estimate of drug-likeness (QED) is 0.789. The first-order valence-corrected chi connectivity index (χ1v) is 6.75. The van der Waals surface area contributed by atoms with E-state index in [4.69, 9.17) is 9.47 Å². The second kappa shape index (κ2) is 7.52. The average Bonchev–Trinajstić information content (AvgIpc) is 2.45. The van der Waals surface area contributed by atoms with Crippen molar-refractivity contribution in [3.05, 3.63) is 35.9 Å². The molecule has 0 amide bonds. The Morgan fingerprint density at radius 2 is 1.94 bits per heavy atom. The summed E-state index contributed by atoms with van der Waals surface area (Å²) in [5.74, 6) is 0.632. The molecule has 0 radical (unpaired) electrons. The predicted molar refractivity (Wildman–Crippen MR) is 70.4 cm³/mol. The number of rotatable bonds is 6. The standard InChI is InChI=1S/C15H22O3/c16-15(14-4-2-1-3-5-14)8-11-18-12-13-6-9-17-10-7-13/h1-5,13,15-16H,6-12H2. The van der Waals surface area contributed by atoms with Crippen LogP contribution in [0.3, 0.4) is 0 Å². The molecule has 1 heterocycles. The topological polar surface area (TPSA) is 38.7 Å². The van der Waals surface area contributed by atoms with Crippen molar-refractivity contribution in [1.29, 1.82) is 0 Å². The van der Waals surface area contributed by atoms with Crippen molar-refractivity contribution >= 4 is 0 Å². The summed E-state index contributed by atoms with van der Waals surface area (Å²) < 4.78 is 11.0. The largest absolute Gasteiger partial charge is 0.388 e. The highest BCUT2D eigenvalue weighted by atomic mass is 16.5. The fourth-order valence-corrected chi connectivity index (χ4v) is 2.20. The zero-order chi connectivity index (χ0) is 12.6. The molecule has 1 aromatic carbocycles. The maximum absolute atomic E-state index is 9.96. The number of hydrogen-bond donors (Lipinski definition) is 1. The van der Waals surface area contributed by atoms with E-state index >= 15 is 0 Å². The summed E-state index contributed by atoms with van der Waals surface area (Å²) in [7, 11) is 0. The minimum absolute atomic E-state index is 0.416. The molecule has 1 fully saturated rings. The van der Waals surface area contributed by atoms with Crippen LogP contribution in [0.1, 0.15) is 30.9 Å². The van der Waals surface area contributed by atoms with Crippen LogP contribution in [0.15, 0.2) is 30.3 Å². The van der Waals surface area contributed by atoms with Gasteiger partial charge in [0.25, 0.3) is 0 Å². The van der Waals surface area contributed by atoms with Crippen molar-refractivity contribution in [2.24, 2.45) is 5.92 Å². The summed E-state index contributed by atoms with van der Waals surface area (Å²) in [4.78, 5) is 0. The summed E-state index contributed by atoms with van der Waals surface area (Å²) in [5.41, 5.74) is 0.965. The van der Waals surface area contributed by atoms with Crippen LogP contribution in [0, 0.1) is 5.92 Å². The highest BCUT2D eigenvalue weighted by molar-refractivity contribution is 5.16. The number of aliphatic hydroxyl groups is 1. The van der Waals surface area contributed by atoms with Crippen LogP contribution >= 0.6 is 0 Å². The molecule has 2 rings (SSSR count). The molecule has 0 aliphatic carbocycles. The van der Waals surface area contributed by atoms with Gasteiger partial charge < -0.3 is 14.6 Å². The first-order chi connectivity index (χ1) is 8.86. The van der Waals surface area contributed by atoms with Gasteiger partial charge in [0.2, 0.25) is 0 Å². The third-order valence-electron chi connectivity index (χ3n) is 3.41. The third-order valence-corrected chi connectivity index (χ3v) is 3.41. The summed E-state index contributed by atoms with van der Waals surface area (Å²) in [6.07, 6.45) is 2.44. The van der Waals surface area contributed by atoms with E-state index < -0.39 is 6.10 Å². The Hall–Kier alpha value is -0.900. The number of hydrogen-bond acceptors (Lipinski definition) is 3. The number of ether oxygens (including phenoxy) is 2. The molecule has 1 N–H and O–H groups in total. The Labute approximate surface area is 109 Å². The Morgan fingerprint density at radius 3 is 2.67 bits per heavy atom. The second-order valence-corrected chi connectivity index (χ2v) is 4.85. The lowest BCUT2D eigenvalue weighted by Gasteiger charge is -2.22. The molecule has 1 aliphatic rings. The lowest BCUT2D eigenvalue weighted by molar-refractivity contribution is 0.0117. The molecule has 18 heavy (non-hydrogen) atoms. The Bertz CT molecular complexity index is 320. The Kier molecular flexibility index (Phi) is 5.65. The van der Waals surface area contributed by atoms with Crippen LogP contribution in [-0.4, -0.2) is 31.5 Å². The van der Waals surface area contributed by atoms with Crippen molar-refractivity contribution < 1.29 is 14.6 Å². The third kappa shape index (κ3) is 4.41. The molecule has 1 atom stereocenters. The lowest BCUT2D eigenvalue weighted by atomic mass is 10.0. The average molecular weight is 250 g/mol. The van der Waals surface area contributed by atoms with Crippen molar-refractivity contribution in [1.82, 2.24) is 0 Å². The normalized spacial score (nSPS) is 18.7. The maximum Gasteiger partial charge on any atom is 0.0812 e. The summed E-state index contributed by atoms with van der Waals surface area (Å²) in [6, 6.07) is 9.74. The zero-order valence-corrected chi connectivity index (χ0v) is 10.8. The van der Waals surface area contributed by atoms with Gasteiger partial charge in [-0.25, -0.2) is 0 Å². The monoisotopic (exact) mass is 250 g/mol. The van der Waals surface area contributed by atoms with E-state index in [0.29, 0.717) is 18.9 Å². The van der Waals surface area contributed by atoms with Crippen molar-refractivity contribution in [3.8, 4) is 0 Å². The summed E-state index contributed by atoms with van der Waals surface area (Å²) >= 11 is 0. The first kappa shape index (κ1) is 13.5. The smallest absolute Gasteiger partial charge is 0.0812 e. The minimum Gasteiger partial charge on any atom is -0.388 e. The molecular formula is C15H22O3. The van der Waals surface area contributed by atoms with Gasteiger partial charge in [-0.05, 0) is 24.3 Å². The molecule has 0 saturated carbocycles. The molecule has 1 saturated heterocycles. The van der Waals surface area contributed by atoms with E-state index in [9.17, 15) is 5.11 Å². The molecule has 1 unspecified atom stereocenters. The Balaban J connectivity index is 1.60. The number of benzene rings is 1. The second-order valence-electron chi connectivity index (χ2n) is 4.85. The Morgan fingerprint density at radius 1 is 1.22 bits per heavy atom. The van der Waals surface area contributed by atoms with Gasteiger partial charge in [-0.3, -0.25) is 0 Å². The van der Waals surface area contributed by atoms with Gasteiger partial charge in [0.1, 0.15) is 0 Å².